The molecule has 4 atom stereocenters. The predicted molar refractivity (Wildman–Crippen MR) is 151 cm³/mol. The fraction of sp³-hybridized carbons (Fsp3) is 0.379. The molecule has 0 saturated carbocycles. The lowest BCUT2D eigenvalue weighted by Crippen LogP contribution is -2.68. The van der Waals surface area contributed by atoms with E-state index in [-0.39, 0.29) is 11.6 Å². The van der Waals surface area contributed by atoms with Crippen molar-refractivity contribution in [2.45, 2.75) is 63.2 Å². The van der Waals surface area contributed by atoms with Gasteiger partial charge in [0.2, 0.25) is 0 Å². The van der Waals surface area contributed by atoms with Crippen molar-refractivity contribution in [3.05, 3.63) is 84.4 Å². The van der Waals surface area contributed by atoms with E-state index in [1.165, 1.54) is 6.33 Å². The Hall–Kier alpha value is -2.59. The minimum Gasteiger partial charge on any atom is -0.404 e. The molecule has 0 amide bonds. The van der Waals surface area contributed by atoms with E-state index >= 15 is 0 Å². The summed E-state index contributed by atoms with van der Waals surface area (Å²) < 4.78 is 15.3. The smallest absolute Gasteiger partial charge is 0.261 e. The van der Waals surface area contributed by atoms with Crippen LogP contribution in [0.15, 0.2) is 79.3 Å². The second-order valence-electron chi connectivity index (χ2n) is 11.4. The van der Waals surface area contributed by atoms with Gasteiger partial charge in [0.15, 0.2) is 6.23 Å². The van der Waals surface area contributed by atoms with Gasteiger partial charge in [0.05, 0.1) is 12.0 Å². The van der Waals surface area contributed by atoms with Gasteiger partial charge in [-0.25, -0.2) is 9.97 Å². The average molecular weight is 552 g/mol. The molecule has 1 aliphatic rings. The van der Waals surface area contributed by atoms with Crippen molar-refractivity contribution in [1.82, 2.24) is 14.5 Å². The van der Waals surface area contributed by atoms with Crippen molar-refractivity contribution in [1.29, 1.82) is 0 Å². The molecule has 7 nitrogen and oxygen atoms in total. The van der Waals surface area contributed by atoms with Crippen molar-refractivity contribution >= 4 is 41.3 Å². The van der Waals surface area contributed by atoms with E-state index < -0.39 is 31.9 Å². The molecule has 1 aliphatic heterocycles. The number of hydrogen-bond donors (Lipinski definition) is 2. The lowest BCUT2D eigenvalue weighted by Gasteiger charge is -2.46. The van der Waals surface area contributed by atoms with Crippen molar-refractivity contribution in [2.75, 3.05) is 6.61 Å². The molecule has 4 aromatic rings. The van der Waals surface area contributed by atoms with Crippen LogP contribution in [0.4, 0.5) is 0 Å². The number of aromatic nitrogens is 3. The monoisotopic (exact) mass is 551 g/mol. The second-order valence-corrected chi connectivity index (χ2v) is 16.1. The van der Waals surface area contributed by atoms with E-state index in [2.05, 4.69) is 55.0 Å². The van der Waals surface area contributed by atoms with Crippen LogP contribution in [0.5, 0.6) is 0 Å². The molecule has 2 aromatic carbocycles. The normalized spacial score (nSPS) is 26.2. The number of benzene rings is 2. The number of aliphatic hydroxyl groups is 2. The third-order valence-electron chi connectivity index (χ3n) is 8.01. The van der Waals surface area contributed by atoms with Crippen LogP contribution in [0.1, 0.15) is 40.8 Å². The van der Waals surface area contributed by atoms with Crippen LogP contribution in [0.2, 0.25) is 10.2 Å². The van der Waals surface area contributed by atoms with E-state index in [0.717, 1.165) is 10.4 Å². The maximum atomic E-state index is 11.7. The fourth-order valence-electron chi connectivity index (χ4n) is 5.58. The van der Waals surface area contributed by atoms with Crippen LogP contribution in [-0.2, 0) is 9.16 Å². The highest BCUT2D eigenvalue weighted by atomic mass is 35.5. The highest BCUT2D eigenvalue weighted by Crippen LogP contribution is 2.47. The van der Waals surface area contributed by atoms with Crippen LogP contribution in [0, 0.1) is 0 Å². The topological polar surface area (TPSA) is 89.6 Å². The number of rotatable bonds is 6. The van der Waals surface area contributed by atoms with Gasteiger partial charge in [0, 0.05) is 6.20 Å². The molecule has 0 unspecified atom stereocenters. The van der Waals surface area contributed by atoms with Gasteiger partial charge in [-0.05, 0) is 35.3 Å². The summed E-state index contributed by atoms with van der Waals surface area (Å²) in [5.41, 5.74) is -2.35. The molecule has 0 radical (unpaired) electrons. The minimum atomic E-state index is -2.91. The number of ether oxygens (including phenoxy) is 1. The highest BCUT2D eigenvalue weighted by molar-refractivity contribution is 6.99. The molecule has 5 rings (SSSR count). The standard InChI is InChI=1S/C29H34ClN3O4Si/c1-27(2,3)38(20-12-8-6-9-13-20,21-14-10-7-11-15-21)36-18-28(4)29(5,35)23(34)26(37-28)33-17-16-22-24(30)31-19-32-25(22)33/h6-17,19,23,26,34-35H,18H2,1-5H3/t23-,26+,28+,29-/m0/s1. The van der Waals surface area contributed by atoms with Crippen LogP contribution < -0.4 is 10.4 Å². The van der Waals surface area contributed by atoms with Gasteiger partial charge in [0.25, 0.3) is 8.32 Å². The number of nitrogens with zero attached hydrogens (tertiary/aromatic N) is 3. The predicted octanol–water partition coefficient (Wildman–Crippen LogP) is 4.06. The van der Waals surface area contributed by atoms with Crippen LogP contribution in [0.25, 0.3) is 11.0 Å². The molecular weight excluding hydrogens is 518 g/mol. The molecule has 3 heterocycles. The minimum absolute atomic E-state index is 0.0653. The largest absolute Gasteiger partial charge is 0.404 e. The highest BCUT2D eigenvalue weighted by Gasteiger charge is 2.62. The van der Waals surface area contributed by atoms with Crippen LogP contribution in [-0.4, -0.2) is 57.0 Å². The Bertz CT molecular complexity index is 1380. The first kappa shape index (κ1) is 27.0. The number of aliphatic hydroxyl groups excluding tert-OH is 1. The lowest BCUT2D eigenvalue weighted by molar-refractivity contribution is -0.146. The van der Waals surface area contributed by atoms with Crippen LogP contribution >= 0.6 is 11.6 Å². The Kier molecular flexibility index (Phi) is 6.78. The Morgan fingerprint density at radius 2 is 1.58 bits per heavy atom. The van der Waals surface area contributed by atoms with Crippen molar-refractivity contribution in [2.24, 2.45) is 0 Å². The molecular formula is C29H34ClN3O4Si. The summed E-state index contributed by atoms with van der Waals surface area (Å²) in [6.07, 6.45) is 0.955. The maximum Gasteiger partial charge on any atom is 0.261 e. The zero-order chi connectivity index (χ0) is 27.3. The number of fused-ring (bicyclic) bond motifs is 1. The fourth-order valence-corrected chi connectivity index (χ4v) is 10.4. The average Bonchev–Trinajstić information content (AvgIpc) is 3.39. The van der Waals surface area contributed by atoms with Gasteiger partial charge in [0.1, 0.15) is 34.4 Å². The Morgan fingerprint density at radius 3 is 2.13 bits per heavy atom. The SMILES string of the molecule is CC(C)(C)[Si](OC[C@@]1(C)O[C@@H](n2ccc3c(Cl)ncnc32)[C@H](O)[C@]1(C)O)(c1ccccc1)c1ccccc1. The Labute approximate surface area is 229 Å². The summed E-state index contributed by atoms with van der Waals surface area (Å²) in [5.74, 6) is 0. The molecule has 0 spiro atoms. The molecule has 2 N–H and O–H groups in total. The van der Waals surface area contributed by atoms with Gasteiger partial charge in [-0.2, -0.15) is 0 Å². The van der Waals surface area contributed by atoms with Gasteiger partial charge >= 0.3 is 0 Å². The summed E-state index contributed by atoms with van der Waals surface area (Å²) in [4.78, 5) is 8.38. The lowest BCUT2D eigenvalue weighted by atomic mass is 9.84. The quantitative estimate of drug-likeness (QED) is 0.277. The van der Waals surface area contributed by atoms with E-state index in [0.29, 0.717) is 16.2 Å². The Morgan fingerprint density at radius 1 is 1.00 bits per heavy atom. The van der Waals surface area contributed by atoms with Gasteiger partial charge in [-0.3, -0.25) is 0 Å². The van der Waals surface area contributed by atoms with E-state index in [1.807, 2.05) is 36.4 Å². The molecule has 1 saturated heterocycles. The van der Waals surface area contributed by atoms with Crippen molar-refractivity contribution < 1.29 is 19.4 Å². The summed E-state index contributed by atoms with van der Waals surface area (Å²) in [6, 6.07) is 22.4. The summed E-state index contributed by atoms with van der Waals surface area (Å²) in [7, 11) is -2.91. The maximum absolute atomic E-state index is 11.7. The van der Waals surface area contributed by atoms with Crippen molar-refractivity contribution in [3.63, 3.8) is 0 Å². The first-order valence-corrected chi connectivity index (χ1v) is 15.0. The number of hydrogen-bond acceptors (Lipinski definition) is 6. The molecule has 200 valence electrons. The Balaban J connectivity index is 1.56. The number of halogens is 1. The molecule has 0 bridgehead atoms. The molecule has 38 heavy (non-hydrogen) atoms. The van der Waals surface area contributed by atoms with E-state index in [1.54, 1.807) is 30.7 Å². The third kappa shape index (κ3) is 4.11. The van der Waals surface area contributed by atoms with Crippen LogP contribution in [0.3, 0.4) is 0 Å². The molecule has 2 aromatic heterocycles. The zero-order valence-corrected chi connectivity index (χ0v) is 24.1. The summed E-state index contributed by atoms with van der Waals surface area (Å²) in [6.45, 7) is 10.0. The second kappa shape index (κ2) is 9.55. The molecule has 9 heteroatoms. The first-order chi connectivity index (χ1) is 17.9. The molecule has 1 fully saturated rings. The van der Waals surface area contributed by atoms with Gasteiger partial charge in [-0.1, -0.05) is 93.0 Å². The molecule has 0 aliphatic carbocycles. The summed E-state index contributed by atoms with van der Waals surface area (Å²) >= 11 is 6.25. The first-order valence-electron chi connectivity index (χ1n) is 12.7. The van der Waals surface area contributed by atoms with Gasteiger partial charge < -0.3 is 23.9 Å². The zero-order valence-electron chi connectivity index (χ0n) is 22.3. The van der Waals surface area contributed by atoms with E-state index in [4.69, 9.17) is 20.8 Å². The van der Waals surface area contributed by atoms with E-state index in [9.17, 15) is 10.2 Å². The van der Waals surface area contributed by atoms with Crippen molar-refractivity contribution in [3.8, 4) is 0 Å². The van der Waals surface area contributed by atoms with Gasteiger partial charge in [-0.15, -0.1) is 0 Å². The summed E-state index contributed by atoms with van der Waals surface area (Å²) in [5, 5.41) is 26.0. The third-order valence-corrected chi connectivity index (χ3v) is 13.3.